The second-order valence-electron chi connectivity index (χ2n) is 5.71. The highest BCUT2D eigenvalue weighted by Crippen LogP contribution is 2.16. The van der Waals surface area contributed by atoms with E-state index in [-0.39, 0.29) is 12.3 Å². The van der Waals surface area contributed by atoms with Crippen LogP contribution in [0.5, 0.6) is 0 Å². The fourth-order valence-electron chi connectivity index (χ4n) is 2.39. The van der Waals surface area contributed by atoms with Gasteiger partial charge in [0.2, 0.25) is 5.91 Å². The van der Waals surface area contributed by atoms with E-state index in [0.29, 0.717) is 17.2 Å². The highest BCUT2D eigenvalue weighted by molar-refractivity contribution is 5.91. The average Bonchev–Trinajstić information content (AvgIpc) is 2.70. The Kier molecular flexibility index (Phi) is 5.73. The minimum atomic E-state index is -0.392. The number of hydrogen-bond donors (Lipinski definition) is 2. The number of esters is 1. The van der Waals surface area contributed by atoms with Crippen LogP contribution < -0.4 is 10.6 Å². The molecular formula is C20H18N4O3. The predicted octanol–water partition coefficient (Wildman–Crippen LogP) is 3.19. The summed E-state index contributed by atoms with van der Waals surface area (Å²) in [5, 5.41) is 13.8. The molecule has 7 heteroatoms. The molecule has 0 bridgehead atoms. The number of benzene rings is 2. The van der Waals surface area contributed by atoms with Gasteiger partial charge in [0.05, 0.1) is 19.1 Å². The largest absolute Gasteiger partial charge is 0.465 e. The van der Waals surface area contributed by atoms with E-state index in [4.69, 9.17) is 0 Å². The van der Waals surface area contributed by atoms with E-state index in [1.165, 1.54) is 7.11 Å². The van der Waals surface area contributed by atoms with Gasteiger partial charge in [-0.1, -0.05) is 30.3 Å². The lowest BCUT2D eigenvalue weighted by molar-refractivity contribution is -0.115. The van der Waals surface area contributed by atoms with Crippen molar-refractivity contribution in [3.8, 4) is 0 Å². The lowest BCUT2D eigenvalue weighted by Crippen LogP contribution is -2.15. The van der Waals surface area contributed by atoms with Crippen molar-refractivity contribution < 1.29 is 14.3 Å². The number of carbonyl (C=O) groups is 2. The summed E-state index contributed by atoms with van der Waals surface area (Å²) >= 11 is 0. The summed E-state index contributed by atoms with van der Waals surface area (Å²) in [6.07, 6.45) is 0.273. The van der Waals surface area contributed by atoms with Gasteiger partial charge in [0.15, 0.2) is 11.6 Å². The number of carbonyl (C=O) groups excluding carboxylic acids is 2. The number of rotatable bonds is 6. The standard InChI is InChI=1S/C20H18N4O3/c1-27-20(26)15-7-9-16(10-8-15)21-17-11-12-18(24-23-17)22-19(25)13-14-5-3-2-4-6-14/h2-12H,13H2,1H3,(H,21,23)(H,22,24,25). The third-order valence-electron chi connectivity index (χ3n) is 3.72. The van der Waals surface area contributed by atoms with Gasteiger partial charge in [-0.3, -0.25) is 4.79 Å². The van der Waals surface area contributed by atoms with Crippen LogP contribution in [0.25, 0.3) is 0 Å². The van der Waals surface area contributed by atoms with Gasteiger partial charge in [0, 0.05) is 5.69 Å². The zero-order valence-electron chi connectivity index (χ0n) is 14.7. The molecule has 7 nitrogen and oxygen atoms in total. The van der Waals surface area contributed by atoms with Gasteiger partial charge in [-0.15, -0.1) is 10.2 Å². The summed E-state index contributed by atoms with van der Waals surface area (Å²) in [6.45, 7) is 0. The molecule has 2 N–H and O–H groups in total. The second-order valence-corrected chi connectivity index (χ2v) is 5.71. The minimum absolute atomic E-state index is 0.158. The first-order valence-corrected chi connectivity index (χ1v) is 8.27. The monoisotopic (exact) mass is 362 g/mol. The third-order valence-corrected chi connectivity index (χ3v) is 3.72. The predicted molar refractivity (Wildman–Crippen MR) is 102 cm³/mol. The van der Waals surface area contributed by atoms with Crippen LogP contribution in [-0.4, -0.2) is 29.2 Å². The van der Waals surface area contributed by atoms with Crippen molar-refractivity contribution >= 4 is 29.2 Å². The third kappa shape index (κ3) is 5.12. The number of methoxy groups -OCH3 is 1. The zero-order chi connectivity index (χ0) is 19.1. The molecule has 0 saturated carbocycles. The Morgan fingerprint density at radius 3 is 2.19 bits per heavy atom. The van der Waals surface area contributed by atoms with Crippen LogP contribution in [0.4, 0.5) is 17.3 Å². The zero-order valence-corrected chi connectivity index (χ0v) is 14.7. The maximum Gasteiger partial charge on any atom is 0.337 e. The number of aromatic nitrogens is 2. The van der Waals surface area contributed by atoms with Crippen LogP contribution in [0, 0.1) is 0 Å². The smallest absolute Gasteiger partial charge is 0.337 e. The average molecular weight is 362 g/mol. The summed E-state index contributed by atoms with van der Waals surface area (Å²) in [4.78, 5) is 23.5. The molecule has 0 aliphatic heterocycles. The van der Waals surface area contributed by atoms with Crippen molar-refractivity contribution in [2.24, 2.45) is 0 Å². The van der Waals surface area contributed by atoms with Gasteiger partial charge < -0.3 is 15.4 Å². The highest BCUT2D eigenvalue weighted by Gasteiger charge is 2.07. The summed E-state index contributed by atoms with van der Waals surface area (Å²) < 4.78 is 4.66. The maximum atomic E-state index is 12.0. The van der Waals surface area contributed by atoms with Crippen molar-refractivity contribution in [1.82, 2.24) is 10.2 Å². The topological polar surface area (TPSA) is 93.2 Å². The van der Waals surface area contributed by atoms with E-state index < -0.39 is 5.97 Å². The number of nitrogens with one attached hydrogen (secondary N) is 2. The molecule has 0 atom stereocenters. The van der Waals surface area contributed by atoms with Gasteiger partial charge in [-0.05, 0) is 42.0 Å². The van der Waals surface area contributed by atoms with E-state index in [0.717, 1.165) is 11.3 Å². The molecule has 3 rings (SSSR count). The Hall–Kier alpha value is -3.74. The number of hydrogen-bond acceptors (Lipinski definition) is 6. The summed E-state index contributed by atoms with van der Waals surface area (Å²) in [6, 6.07) is 19.6. The van der Waals surface area contributed by atoms with Crippen molar-refractivity contribution in [2.45, 2.75) is 6.42 Å². The van der Waals surface area contributed by atoms with Crippen LogP contribution >= 0.6 is 0 Å². The van der Waals surface area contributed by atoms with E-state index in [1.54, 1.807) is 36.4 Å². The Labute approximate surface area is 156 Å². The van der Waals surface area contributed by atoms with Crippen molar-refractivity contribution in [3.63, 3.8) is 0 Å². The Balaban J connectivity index is 1.57. The van der Waals surface area contributed by atoms with Crippen LogP contribution in [0.15, 0.2) is 66.7 Å². The van der Waals surface area contributed by atoms with E-state index in [2.05, 4.69) is 25.6 Å². The molecule has 2 aromatic carbocycles. The molecule has 0 aliphatic rings. The molecular weight excluding hydrogens is 344 g/mol. The first kappa shape index (κ1) is 18.1. The number of nitrogens with zero attached hydrogens (tertiary/aromatic N) is 2. The molecule has 1 aromatic heterocycles. The molecule has 0 fully saturated rings. The first-order chi connectivity index (χ1) is 13.1. The fraction of sp³-hybridized carbons (Fsp3) is 0.100. The maximum absolute atomic E-state index is 12.0. The molecule has 3 aromatic rings. The van der Waals surface area contributed by atoms with Crippen molar-refractivity contribution in [3.05, 3.63) is 77.9 Å². The highest BCUT2D eigenvalue weighted by atomic mass is 16.5. The van der Waals surface area contributed by atoms with Crippen LogP contribution in [0.1, 0.15) is 15.9 Å². The molecule has 1 heterocycles. The van der Waals surface area contributed by atoms with Crippen LogP contribution in [0.3, 0.4) is 0 Å². The second kappa shape index (κ2) is 8.57. The van der Waals surface area contributed by atoms with Crippen molar-refractivity contribution in [2.75, 3.05) is 17.7 Å². The molecule has 1 amide bonds. The number of anilines is 3. The molecule has 0 aliphatic carbocycles. The first-order valence-electron chi connectivity index (χ1n) is 8.27. The molecule has 136 valence electrons. The Bertz CT molecular complexity index is 910. The molecule has 27 heavy (non-hydrogen) atoms. The van der Waals surface area contributed by atoms with Gasteiger partial charge >= 0.3 is 5.97 Å². The number of amides is 1. The van der Waals surface area contributed by atoms with Gasteiger partial charge in [0.25, 0.3) is 0 Å². The van der Waals surface area contributed by atoms with Gasteiger partial charge in [-0.2, -0.15) is 0 Å². The molecule has 0 saturated heterocycles. The fourth-order valence-corrected chi connectivity index (χ4v) is 2.39. The SMILES string of the molecule is COC(=O)c1ccc(Nc2ccc(NC(=O)Cc3ccccc3)nn2)cc1. The van der Waals surface area contributed by atoms with E-state index in [9.17, 15) is 9.59 Å². The summed E-state index contributed by atoms with van der Waals surface area (Å²) in [5.41, 5.74) is 2.14. The lowest BCUT2D eigenvalue weighted by Gasteiger charge is -2.07. The minimum Gasteiger partial charge on any atom is -0.465 e. The van der Waals surface area contributed by atoms with E-state index in [1.807, 2.05) is 30.3 Å². The molecule has 0 radical (unpaired) electrons. The van der Waals surface area contributed by atoms with Gasteiger partial charge in [-0.25, -0.2) is 4.79 Å². The van der Waals surface area contributed by atoms with E-state index >= 15 is 0 Å². The van der Waals surface area contributed by atoms with Crippen molar-refractivity contribution in [1.29, 1.82) is 0 Å². The Morgan fingerprint density at radius 2 is 1.56 bits per heavy atom. The molecule has 0 spiro atoms. The molecule has 0 unspecified atom stereocenters. The summed E-state index contributed by atoms with van der Waals surface area (Å²) in [5.74, 6) is 0.343. The normalized spacial score (nSPS) is 10.1. The quantitative estimate of drug-likeness (QED) is 0.654. The number of ether oxygens (including phenoxy) is 1. The Morgan fingerprint density at radius 1 is 0.889 bits per heavy atom. The van der Waals surface area contributed by atoms with Crippen LogP contribution in [-0.2, 0) is 16.0 Å². The van der Waals surface area contributed by atoms with Crippen LogP contribution in [0.2, 0.25) is 0 Å². The summed E-state index contributed by atoms with van der Waals surface area (Å²) in [7, 11) is 1.34. The lowest BCUT2D eigenvalue weighted by atomic mass is 10.1. The van der Waals surface area contributed by atoms with Gasteiger partial charge in [0.1, 0.15) is 0 Å².